The Labute approximate surface area is 222 Å². The van der Waals surface area contributed by atoms with Crippen molar-refractivity contribution in [2.75, 3.05) is 12.0 Å². The summed E-state index contributed by atoms with van der Waals surface area (Å²) in [6.07, 6.45) is 1.82. The quantitative estimate of drug-likeness (QED) is 0.291. The molecule has 1 aliphatic rings. The van der Waals surface area contributed by atoms with Gasteiger partial charge in [-0.05, 0) is 99.1 Å². The number of aromatic nitrogens is 2. The highest BCUT2D eigenvalue weighted by Gasteiger charge is 2.42. The van der Waals surface area contributed by atoms with E-state index in [1.807, 2.05) is 42.6 Å². The van der Waals surface area contributed by atoms with Gasteiger partial charge in [0, 0.05) is 29.0 Å². The maximum Gasteiger partial charge on any atom is 0.174 e. The van der Waals surface area contributed by atoms with Crippen LogP contribution < -0.4 is 15.0 Å². The molecule has 0 saturated carbocycles. The second-order valence-corrected chi connectivity index (χ2v) is 9.99. The number of aryl methyl sites for hydroxylation is 2. The van der Waals surface area contributed by atoms with Crippen molar-refractivity contribution < 1.29 is 4.74 Å². The third-order valence-corrected chi connectivity index (χ3v) is 7.73. The van der Waals surface area contributed by atoms with Crippen molar-refractivity contribution in [1.29, 1.82) is 0 Å². The standard InChI is InChI=1S/C29H29ClN4OS/c1-17-9-8-11-25(19(17)3)33-18(2)15-22(20(33)4)28-27(24-10-6-7-14-31-24)32-29(36)34(28)21-12-13-26(35-5)23(30)16-21/h6-16,27-28H,1-5H3,(H,32,36)/t27-,28+/m1/s1. The fourth-order valence-corrected chi connectivity index (χ4v) is 5.79. The Hall–Kier alpha value is -3.35. The molecule has 1 fully saturated rings. The molecule has 1 aliphatic heterocycles. The van der Waals surface area contributed by atoms with Crippen LogP contribution in [0.5, 0.6) is 5.75 Å². The van der Waals surface area contributed by atoms with Crippen LogP contribution in [0.3, 0.4) is 0 Å². The average molecular weight is 517 g/mol. The maximum atomic E-state index is 6.54. The van der Waals surface area contributed by atoms with E-state index in [-0.39, 0.29) is 12.1 Å². The van der Waals surface area contributed by atoms with Gasteiger partial charge in [-0.2, -0.15) is 0 Å². The largest absolute Gasteiger partial charge is 0.495 e. The third-order valence-electron chi connectivity index (χ3n) is 7.12. The molecule has 7 heteroatoms. The van der Waals surface area contributed by atoms with E-state index in [4.69, 9.17) is 28.6 Å². The summed E-state index contributed by atoms with van der Waals surface area (Å²) in [6, 6.07) is 20.2. The number of nitrogens with zero attached hydrogens (tertiary/aromatic N) is 3. The molecule has 0 spiro atoms. The molecule has 0 amide bonds. The zero-order valence-electron chi connectivity index (χ0n) is 21.0. The summed E-state index contributed by atoms with van der Waals surface area (Å²) in [4.78, 5) is 6.83. The van der Waals surface area contributed by atoms with Crippen LogP contribution in [0.25, 0.3) is 5.69 Å². The van der Waals surface area contributed by atoms with Crippen LogP contribution in [-0.2, 0) is 0 Å². The van der Waals surface area contributed by atoms with Gasteiger partial charge in [0.2, 0.25) is 0 Å². The maximum absolute atomic E-state index is 6.54. The number of thiocarbonyl (C=S) groups is 1. The second kappa shape index (κ2) is 9.60. The van der Waals surface area contributed by atoms with Gasteiger partial charge in [-0.1, -0.05) is 29.8 Å². The van der Waals surface area contributed by atoms with Gasteiger partial charge in [-0.3, -0.25) is 4.98 Å². The van der Waals surface area contributed by atoms with Gasteiger partial charge in [-0.25, -0.2) is 0 Å². The molecule has 0 radical (unpaired) electrons. The van der Waals surface area contributed by atoms with E-state index in [1.165, 1.54) is 33.8 Å². The predicted molar refractivity (Wildman–Crippen MR) is 151 cm³/mol. The van der Waals surface area contributed by atoms with Gasteiger partial charge in [0.25, 0.3) is 0 Å². The highest BCUT2D eigenvalue weighted by Crippen LogP contribution is 2.45. The Kier molecular flexibility index (Phi) is 6.49. The fraction of sp³-hybridized carbons (Fsp3) is 0.241. The molecule has 3 heterocycles. The number of halogens is 1. The van der Waals surface area contributed by atoms with E-state index < -0.39 is 0 Å². The molecule has 4 aromatic rings. The number of ether oxygens (including phenoxy) is 1. The molecular formula is C29H29ClN4OS. The van der Waals surface area contributed by atoms with E-state index >= 15 is 0 Å². The highest BCUT2D eigenvalue weighted by atomic mass is 35.5. The summed E-state index contributed by atoms with van der Waals surface area (Å²) >= 11 is 12.4. The average Bonchev–Trinajstić information content (AvgIpc) is 3.36. The van der Waals surface area contributed by atoms with Crippen molar-refractivity contribution in [2.24, 2.45) is 0 Å². The molecule has 1 saturated heterocycles. The van der Waals surface area contributed by atoms with Gasteiger partial charge in [0.15, 0.2) is 5.11 Å². The Morgan fingerprint density at radius 1 is 1.00 bits per heavy atom. The fourth-order valence-electron chi connectivity index (χ4n) is 5.19. The van der Waals surface area contributed by atoms with Crippen molar-refractivity contribution in [1.82, 2.24) is 14.9 Å². The number of methoxy groups -OCH3 is 1. The molecule has 2 aromatic heterocycles. The molecule has 1 N–H and O–H groups in total. The SMILES string of the molecule is COc1ccc(N2C(=S)N[C@H](c3ccccn3)[C@@H]2c2cc(C)n(-c3cccc(C)c3C)c2C)cc1Cl. The summed E-state index contributed by atoms with van der Waals surface area (Å²) in [6.45, 7) is 8.67. The lowest BCUT2D eigenvalue weighted by Gasteiger charge is -2.28. The van der Waals surface area contributed by atoms with Crippen LogP contribution in [-0.4, -0.2) is 21.8 Å². The Bertz CT molecular complexity index is 1450. The molecule has 0 aliphatic carbocycles. The van der Waals surface area contributed by atoms with Crippen molar-refractivity contribution in [3.8, 4) is 11.4 Å². The van der Waals surface area contributed by atoms with Crippen LogP contribution in [0.2, 0.25) is 5.02 Å². The predicted octanol–water partition coefficient (Wildman–Crippen LogP) is 6.95. The van der Waals surface area contributed by atoms with Crippen LogP contribution in [0, 0.1) is 27.7 Å². The first kappa shape index (κ1) is 24.3. The lowest BCUT2D eigenvalue weighted by molar-refractivity contribution is 0.415. The Morgan fingerprint density at radius 3 is 2.50 bits per heavy atom. The van der Waals surface area contributed by atoms with E-state index in [9.17, 15) is 0 Å². The summed E-state index contributed by atoms with van der Waals surface area (Å²) in [7, 11) is 1.62. The van der Waals surface area contributed by atoms with Crippen molar-refractivity contribution in [3.63, 3.8) is 0 Å². The molecule has 0 unspecified atom stereocenters. The van der Waals surface area contributed by atoms with E-state index in [0.717, 1.165) is 11.4 Å². The number of anilines is 1. The van der Waals surface area contributed by atoms with E-state index in [0.29, 0.717) is 15.9 Å². The number of hydrogen-bond acceptors (Lipinski definition) is 3. The van der Waals surface area contributed by atoms with Gasteiger partial charge in [0.05, 0.1) is 29.9 Å². The van der Waals surface area contributed by atoms with Gasteiger partial charge >= 0.3 is 0 Å². The van der Waals surface area contributed by atoms with Gasteiger partial charge in [0.1, 0.15) is 5.75 Å². The summed E-state index contributed by atoms with van der Waals surface area (Å²) in [5.41, 5.74) is 9.09. The number of hydrogen-bond donors (Lipinski definition) is 1. The molecule has 184 valence electrons. The van der Waals surface area contributed by atoms with Gasteiger partial charge in [-0.15, -0.1) is 0 Å². The topological polar surface area (TPSA) is 42.3 Å². The van der Waals surface area contributed by atoms with Crippen LogP contribution >= 0.6 is 23.8 Å². The first-order chi connectivity index (χ1) is 17.3. The molecular weight excluding hydrogens is 488 g/mol. The van der Waals surface area contributed by atoms with Crippen molar-refractivity contribution in [2.45, 2.75) is 39.8 Å². The zero-order valence-corrected chi connectivity index (χ0v) is 22.6. The number of pyridine rings is 1. The summed E-state index contributed by atoms with van der Waals surface area (Å²) < 4.78 is 7.73. The van der Waals surface area contributed by atoms with E-state index in [1.54, 1.807) is 7.11 Å². The lowest BCUT2D eigenvalue weighted by atomic mass is 9.96. The zero-order chi connectivity index (χ0) is 25.6. The van der Waals surface area contributed by atoms with E-state index in [2.05, 4.69) is 71.7 Å². The number of rotatable bonds is 5. The number of benzene rings is 2. The van der Waals surface area contributed by atoms with Crippen LogP contribution in [0.1, 0.15) is 45.9 Å². The van der Waals surface area contributed by atoms with Crippen LogP contribution in [0.4, 0.5) is 5.69 Å². The monoisotopic (exact) mass is 516 g/mol. The minimum Gasteiger partial charge on any atom is -0.495 e. The van der Waals surface area contributed by atoms with Gasteiger partial charge < -0.3 is 19.5 Å². The smallest absolute Gasteiger partial charge is 0.174 e. The molecule has 2 atom stereocenters. The molecule has 0 bridgehead atoms. The molecule has 2 aromatic carbocycles. The summed E-state index contributed by atoms with van der Waals surface area (Å²) in [5, 5.41) is 4.72. The first-order valence-electron chi connectivity index (χ1n) is 11.9. The minimum absolute atomic E-state index is 0.123. The third kappa shape index (κ3) is 4.04. The van der Waals surface area contributed by atoms with Crippen molar-refractivity contribution in [3.05, 3.63) is 106 Å². The minimum atomic E-state index is -0.132. The highest BCUT2D eigenvalue weighted by molar-refractivity contribution is 7.80. The normalized spacial score (nSPS) is 17.4. The Morgan fingerprint density at radius 2 is 1.81 bits per heavy atom. The Balaban J connectivity index is 1.70. The van der Waals surface area contributed by atoms with Crippen LogP contribution in [0.15, 0.2) is 66.9 Å². The lowest BCUT2D eigenvalue weighted by Crippen LogP contribution is -2.29. The molecule has 36 heavy (non-hydrogen) atoms. The summed E-state index contributed by atoms with van der Waals surface area (Å²) in [5.74, 6) is 0.629. The number of nitrogens with one attached hydrogen (secondary N) is 1. The van der Waals surface area contributed by atoms with Crippen molar-refractivity contribution >= 4 is 34.6 Å². The second-order valence-electron chi connectivity index (χ2n) is 9.20. The first-order valence-corrected chi connectivity index (χ1v) is 12.7. The molecule has 5 rings (SSSR count). The molecule has 5 nitrogen and oxygen atoms in total.